The minimum Gasteiger partial charge on any atom is -0.350 e. The molecule has 120 valence electrons. The van der Waals surface area contributed by atoms with Gasteiger partial charge in [0.2, 0.25) is 5.91 Å². The van der Waals surface area contributed by atoms with E-state index in [-0.39, 0.29) is 18.5 Å². The van der Waals surface area contributed by atoms with Crippen molar-refractivity contribution in [2.24, 2.45) is 0 Å². The van der Waals surface area contributed by atoms with Gasteiger partial charge in [0.25, 0.3) is 0 Å². The van der Waals surface area contributed by atoms with Crippen molar-refractivity contribution in [2.45, 2.75) is 20.0 Å². The van der Waals surface area contributed by atoms with Crippen molar-refractivity contribution in [2.75, 3.05) is 6.54 Å². The molecule has 0 radical (unpaired) electrons. The molecule has 5 nitrogen and oxygen atoms in total. The zero-order valence-corrected chi connectivity index (χ0v) is 13.1. The summed E-state index contributed by atoms with van der Waals surface area (Å²) in [7, 11) is 0. The molecular weight excluding hydrogens is 290 g/mol. The van der Waals surface area contributed by atoms with Gasteiger partial charge in [-0.05, 0) is 18.1 Å². The zero-order chi connectivity index (χ0) is 16.5. The van der Waals surface area contributed by atoms with E-state index in [1.54, 1.807) is 0 Å². The van der Waals surface area contributed by atoms with Crippen LogP contribution in [0.25, 0.3) is 0 Å². The van der Waals surface area contributed by atoms with E-state index in [2.05, 4.69) is 16.0 Å². The summed E-state index contributed by atoms with van der Waals surface area (Å²) in [6, 6.07) is 17.2. The lowest BCUT2D eigenvalue weighted by molar-refractivity contribution is -0.120. The summed E-state index contributed by atoms with van der Waals surface area (Å²) in [5.74, 6) is -0.223. The van der Waals surface area contributed by atoms with Gasteiger partial charge in [-0.1, -0.05) is 60.2 Å². The molecule has 0 atom stereocenters. The number of nitrogens with one attached hydrogen (secondary N) is 3. The fourth-order valence-electron chi connectivity index (χ4n) is 1.97. The molecule has 2 rings (SSSR count). The summed E-state index contributed by atoms with van der Waals surface area (Å²) in [5, 5.41) is 8.01. The van der Waals surface area contributed by atoms with Gasteiger partial charge in [-0.2, -0.15) is 0 Å². The van der Waals surface area contributed by atoms with Crippen molar-refractivity contribution >= 4 is 11.9 Å². The van der Waals surface area contributed by atoms with E-state index in [0.29, 0.717) is 13.1 Å². The molecule has 0 aromatic heterocycles. The van der Waals surface area contributed by atoms with Crippen molar-refractivity contribution in [1.82, 2.24) is 16.0 Å². The molecule has 0 bridgehead atoms. The Balaban J connectivity index is 1.63. The number of amides is 3. The third kappa shape index (κ3) is 6.22. The molecule has 0 fully saturated rings. The quantitative estimate of drug-likeness (QED) is 0.764. The maximum atomic E-state index is 11.7. The molecule has 3 N–H and O–H groups in total. The molecule has 3 amide bonds. The van der Waals surface area contributed by atoms with Crippen molar-refractivity contribution in [3.8, 4) is 0 Å². The first-order valence-corrected chi connectivity index (χ1v) is 7.51. The van der Waals surface area contributed by atoms with E-state index in [1.165, 1.54) is 5.56 Å². The molecule has 0 saturated heterocycles. The molecule has 0 heterocycles. The number of carbonyl (C=O) groups excluding carboxylic acids is 2. The van der Waals surface area contributed by atoms with Gasteiger partial charge in [0, 0.05) is 13.1 Å². The predicted octanol–water partition coefficient (Wildman–Crippen LogP) is 2.11. The maximum absolute atomic E-state index is 11.7. The Labute approximate surface area is 136 Å². The van der Waals surface area contributed by atoms with Crippen molar-refractivity contribution in [3.05, 3.63) is 71.3 Å². The van der Waals surface area contributed by atoms with Crippen molar-refractivity contribution in [3.63, 3.8) is 0 Å². The number of hydrogen-bond donors (Lipinski definition) is 3. The fourth-order valence-corrected chi connectivity index (χ4v) is 1.97. The van der Waals surface area contributed by atoms with Crippen LogP contribution >= 0.6 is 0 Å². The standard InChI is InChI=1S/C18H21N3O2/c1-14-7-9-16(10-8-14)12-20-18(23)21-13-17(22)19-11-15-5-3-2-4-6-15/h2-10H,11-13H2,1H3,(H,19,22)(H2,20,21,23). The third-order valence-electron chi connectivity index (χ3n) is 3.32. The van der Waals surface area contributed by atoms with E-state index >= 15 is 0 Å². The lowest BCUT2D eigenvalue weighted by Crippen LogP contribution is -2.41. The van der Waals surface area contributed by atoms with Gasteiger partial charge in [0.15, 0.2) is 0 Å². The fraction of sp³-hybridized carbons (Fsp3) is 0.222. The smallest absolute Gasteiger partial charge is 0.315 e. The third-order valence-corrected chi connectivity index (χ3v) is 3.32. The van der Waals surface area contributed by atoms with Crippen LogP contribution in [0.5, 0.6) is 0 Å². The molecule has 0 unspecified atom stereocenters. The molecule has 2 aromatic rings. The number of hydrogen-bond acceptors (Lipinski definition) is 2. The van der Waals surface area contributed by atoms with Gasteiger partial charge in [-0.3, -0.25) is 4.79 Å². The van der Waals surface area contributed by atoms with Crippen LogP contribution in [0.1, 0.15) is 16.7 Å². The number of benzene rings is 2. The van der Waals surface area contributed by atoms with Crippen LogP contribution in [0.4, 0.5) is 4.79 Å². The first kappa shape index (κ1) is 16.5. The zero-order valence-electron chi connectivity index (χ0n) is 13.1. The molecule has 23 heavy (non-hydrogen) atoms. The Morgan fingerprint density at radius 1 is 0.783 bits per heavy atom. The minimum atomic E-state index is -0.361. The molecule has 5 heteroatoms. The number of rotatable bonds is 6. The van der Waals surface area contributed by atoms with Crippen LogP contribution in [-0.2, 0) is 17.9 Å². The molecule has 0 aliphatic carbocycles. The Bertz CT molecular complexity index is 639. The van der Waals surface area contributed by atoms with E-state index in [4.69, 9.17) is 0 Å². The van der Waals surface area contributed by atoms with E-state index in [9.17, 15) is 9.59 Å². The second-order valence-corrected chi connectivity index (χ2v) is 5.28. The lowest BCUT2D eigenvalue weighted by Gasteiger charge is -2.09. The number of urea groups is 1. The highest BCUT2D eigenvalue weighted by atomic mass is 16.2. The topological polar surface area (TPSA) is 70.2 Å². The van der Waals surface area contributed by atoms with Crippen molar-refractivity contribution < 1.29 is 9.59 Å². The van der Waals surface area contributed by atoms with Gasteiger partial charge >= 0.3 is 6.03 Å². The van der Waals surface area contributed by atoms with Crippen molar-refractivity contribution in [1.29, 1.82) is 0 Å². The van der Waals surface area contributed by atoms with Gasteiger partial charge < -0.3 is 16.0 Å². The summed E-state index contributed by atoms with van der Waals surface area (Å²) in [6.07, 6.45) is 0. The SMILES string of the molecule is Cc1ccc(CNC(=O)NCC(=O)NCc2ccccc2)cc1. The van der Waals surface area contributed by atoms with Crippen LogP contribution in [-0.4, -0.2) is 18.5 Å². The minimum absolute atomic E-state index is 0.0490. The van der Waals surface area contributed by atoms with Gasteiger partial charge in [-0.15, -0.1) is 0 Å². The van der Waals surface area contributed by atoms with E-state index in [0.717, 1.165) is 11.1 Å². The lowest BCUT2D eigenvalue weighted by atomic mass is 10.1. The second-order valence-electron chi connectivity index (χ2n) is 5.28. The Morgan fingerprint density at radius 2 is 1.39 bits per heavy atom. The Morgan fingerprint density at radius 3 is 2.09 bits per heavy atom. The first-order valence-electron chi connectivity index (χ1n) is 7.51. The molecule has 0 spiro atoms. The summed E-state index contributed by atoms with van der Waals surface area (Å²) < 4.78 is 0. The Kier molecular flexibility index (Phi) is 6.17. The summed E-state index contributed by atoms with van der Waals surface area (Å²) in [5.41, 5.74) is 3.21. The molecular formula is C18H21N3O2. The average Bonchev–Trinajstić information content (AvgIpc) is 2.58. The Hall–Kier alpha value is -2.82. The maximum Gasteiger partial charge on any atom is 0.315 e. The predicted molar refractivity (Wildman–Crippen MR) is 89.7 cm³/mol. The molecule has 0 aliphatic rings. The highest BCUT2D eigenvalue weighted by Crippen LogP contribution is 2.02. The van der Waals surface area contributed by atoms with Crippen LogP contribution in [0, 0.1) is 6.92 Å². The van der Waals surface area contributed by atoms with Crippen LogP contribution in [0.15, 0.2) is 54.6 Å². The first-order chi connectivity index (χ1) is 11.1. The van der Waals surface area contributed by atoms with E-state index < -0.39 is 0 Å². The second kappa shape index (κ2) is 8.58. The van der Waals surface area contributed by atoms with Crippen LogP contribution < -0.4 is 16.0 Å². The number of aryl methyl sites for hydroxylation is 1. The van der Waals surface area contributed by atoms with E-state index in [1.807, 2.05) is 61.5 Å². The highest BCUT2D eigenvalue weighted by Gasteiger charge is 2.05. The number of carbonyl (C=O) groups is 2. The van der Waals surface area contributed by atoms with Gasteiger partial charge in [0.1, 0.15) is 0 Å². The molecule has 0 aliphatic heterocycles. The summed E-state index contributed by atoms with van der Waals surface area (Å²) in [6.45, 7) is 2.84. The van der Waals surface area contributed by atoms with Crippen LogP contribution in [0.2, 0.25) is 0 Å². The molecule has 2 aromatic carbocycles. The summed E-state index contributed by atoms with van der Waals surface area (Å²) in [4.78, 5) is 23.3. The average molecular weight is 311 g/mol. The summed E-state index contributed by atoms with van der Waals surface area (Å²) >= 11 is 0. The monoisotopic (exact) mass is 311 g/mol. The van der Waals surface area contributed by atoms with Crippen LogP contribution in [0.3, 0.4) is 0 Å². The van der Waals surface area contributed by atoms with Gasteiger partial charge in [-0.25, -0.2) is 4.79 Å². The largest absolute Gasteiger partial charge is 0.350 e. The van der Waals surface area contributed by atoms with Gasteiger partial charge in [0.05, 0.1) is 6.54 Å². The normalized spacial score (nSPS) is 9.96. The molecule has 0 saturated carbocycles. The highest BCUT2D eigenvalue weighted by molar-refractivity contribution is 5.83.